The number of hydrogen-bond acceptors (Lipinski definition) is 7. The van der Waals surface area contributed by atoms with Crippen LogP contribution in [-0.2, 0) is 6.54 Å². The van der Waals surface area contributed by atoms with Crippen molar-refractivity contribution in [3.8, 4) is 17.2 Å². The first-order chi connectivity index (χ1) is 15.7. The van der Waals surface area contributed by atoms with Crippen LogP contribution in [0.25, 0.3) is 21.2 Å². The van der Waals surface area contributed by atoms with Crippen LogP contribution in [0.3, 0.4) is 0 Å². The smallest absolute Gasteiger partial charge is 0.315 e. The standard InChI is InChI=1S/C23H22N2O5S2/c1-3-27-16-6-4-5-14-11-19(30-21(14)16)22(26)24-23-25(7-10-31-2)15-12-17-18(13-20(15)32-23)29-9-8-28-17/h4-6,11-13H,3,7-10H2,1-2H3. The molecule has 0 atom stereocenters. The number of nitrogens with zero attached hydrogens (tertiary/aromatic N) is 2. The Morgan fingerprint density at radius 3 is 2.81 bits per heavy atom. The number of benzene rings is 2. The van der Waals surface area contributed by atoms with Gasteiger partial charge in [0.15, 0.2) is 33.4 Å². The van der Waals surface area contributed by atoms with Crippen molar-refractivity contribution >= 4 is 50.2 Å². The molecule has 5 rings (SSSR count). The molecule has 2 aromatic heterocycles. The highest BCUT2D eigenvalue weighted by atomic mass is 32.2. The van der Waals surface area contributed by atoms with Crippen LogP contribution in [0.1, 0.15) is 17.5 Å². The molecule has 166 valence electrons. The number of fused-ring (bicyclic) bond motifs is 3. The minimum atomic E-state index is -0.426. The molecule has 3 heterocycles. The summed E-state index contributed by atoms with van der Waals surface area (Å²) in [7, 11) is 0. The highest BCUT2D eigenvalue weighted by Gasteiger charge is 2.18. The van der Waals surface area contributed by atoms with Gasteiger partial charge in [0.25, 0.3) is 0 Å². The molecule has 1 aliphatic rings. The van der Waals surface area contributed by atoms with Gasteiger partial charge in [-0.25, -0.2) is 0 Å². The molecule has 32 heavy (non-hydrogen) atoms. The Balaban J connectivity index is 1.59. The third-order valence-electron chi connectivity index (χ3n) is 5.08. The molecule has 0 radical (unpaired) electrons. The number of para-hydroxylation sites is 1. The maximum absolute atomic E-state index is 13.0. The summed E-state index contributed by atoms with van der Waals surface area (Å²) in [6, 6.07) is 11.2. The van der Waals surface area contributed by atoms with Gasteiger partial charge in [-0.2, -0.15) is 16.8 Å². The largest absolute Gasteiger partial charge is 0.490 e. The normalized spacial score (nSPS) is 13.8. The lowest BCUT2D eigenvalue weighted by Crippen LogP contribution is -2.18. The average molecular weight is 471 g/mol. The van der Waals surface area contributed by atoms with Crippen LogP contribution in [0.2, 0.25) is 0 Å². The van der Waals surface area contributed by atoms with E-state index in [1.807, 2.05) is 37.3 Å². The molecule has 0 N–H and O–H groups in total. The van der Waals surface area contributed by atoms with E-state index in [0.717, 1.165) is 39.4 Å². The van der Waals surface area contributed by atoms with Crippen LogP contribution in [0.15, 0.2) is 45.8 Å². The zero-order valence-electron chi connectivity index (χ0n) is 17.8. The molecule has 0 spiro atoms. The van der Waals surface area contributed by atoms with E-state index in [-0.39, 0.29) is 5.76 Å². The number of thioether (sulfide) groups is 1. The lowest BCUT2D eigenvalue weighted by Gasteiger charge is -2.18. The third kappa shape index (κ3) is 3.86. The Hall–Kier alpha value is -2.91. The summed E-state index contributed by atoms with van der Waals surface area (Å²) in [5.41, 5.74) is 1.53. The van der Waals surface area contributed by atoms with Gasteiger partial charge in [-0.05, 0) is 25.3 Å². The number of hydrogen-bond donors (Lipinski definition) is 0. The van der Waals surface area contributed by atoms with Crippen molar-refractivity contribution < 1.29 is 23.4 Å². The number of rotatable bonds is 6. The van der Waals surface area contributed by atoms with E-state index in [0.29, 0.717) is 36.0 Å². The summed E-state index contributed by atoms with van der Waals surface area (Å²) in [5, 5.41) is 0.808. The van der Waals surface area contributed by atoms with Crippen LogP contribution < -0.4 is 19.0 Å². The number of carbonyl (C=O) groups is 1. The molecule has 1 aliphatic heterocycles. The zero-order valence-corrected chi connectivity index (χ0v) is 19.4. The number of aromatic nitrogens is 1. The number of furan rings is 1. The van der Waals surface area contributed by atoms with Crippen LogP contribution in [0, 0.1) is 0 Å². The molecule has 9 heteroatoms. The Morgan fingerprint density at radius 2 is 2.03 bits per heavy atom. The van der Waals surface area contributed by atoms with E-state index in [1.165, 1.54) is 11.3 Å². The van der Waals surface area contributed by atoms with Gasteiger partial charge in [0.2, 0.25) is 0 Å². The van der Waals surface area contributed by atoms with Crippen molar-refractivity contribution in [2.24, 2.45) is 4.99 Å². The van der Waals surface area contributed by atoms with Gasteiger partial charge in [-0.15, -0.1) is 0 Å². The monoisotopic (exact) mass is 470 g/mol. The second kappa shape index (κ2) is 8.91. The number of amides is 1. The molecule has 0 saturated carbocycles. The molecule has 2 aromatic carbocycles. The van der Waals surface area contributed by atoms with Crippen molar-refractivity contribution in [1.29, 1.82) is 0 Å². The van der Waals surface area contributed by atoms with E-state index in [4.69, 9.17) is 18.6 Å². The van der Waals surface area contributed by atoms with Gasteiger partial charge in [-0.3, -0.25) is 4.79 Å². The lowest BCUT2D eigenvalue weighted by atomic mass is 10.2. The van der Waals surface area contributed by atoms with Crippen molar-refractivity contribution in [1.82, 2.24) is 4.57 Å². The number of thiazole rings is 1. The van der Waals surface area contributed by atoms with E-state index in [2.05, 4.69) is 15.8 Å². The Morgan fingerprint density at radius 1 is 1.22 bits per heavy atom. The molecule has 1 amide bonds. The molecule has 0 unspecified atom stereocenters. The number of carbonyl (C=O) groups excluding carboxylic acids is 1. The molecular weight excluding hydrogens is 448 g/mol. The predicted molar refractivity (Wildman–Crippen MR) is 126 cm³/mol. The maximum Gasteiger partial charge on any atom is 0.315 e. The minimum absolute atomic E-state index is 0.187. The lowest BCUT2D eigenvalue weighted by molar-refractivity contribution is 0.0973. The Bertz CT molecular complexity index is 1370. The predicted octanol–water partition coefficient (Wildman–Crippen LogP) is 4.72. The van der Waals surface area contributed by atoms with E-state index >= 15 is 0 Å². The first-order valence-electron chi connectivity index (χ1n) is 10.3. The van der Waals surface area contributed by atoms with Gasteiger partial charge in [-0.1, -0.05) is 23.5 Å². The van der Waals surface area contributed by atoms with Crippen molar-refractivity contribution in [3.63, 3.8) is 0 Å². The summed E-state index contributed by atoms with van der Waals surface area (Å²) in [5.74, 6) is 2.71. The summed E-state index contributed by atoms with van der Waals surface area (Å²) >= 11 is 3.19. The van der Waals surface area contributed by atoms with Gasteiger partial charge < -0.3 is 23.2 Å². The molecule has 0 fully saturated rings. The van der Waals surface area contributed by atoms with Crippen LogP contribution in [0.5, 0.6) is 17.2 Å². The summed E-state index contributed by atoms with van der Waals surface area (Å²) in [6.45, 7) is 4.20. The first kappa shape index (κ1) is 21.0. The van der Waals surface area contributed by atoms with Crippen molar-refractivity contribution in [2.45, 2.75) is 13.5 Å². The maximum atomic E-state index is 13.0. The molecule has 0 saturated heterocycles. The van der Waals surface area contributed by atoms with Crippen LogP contribution >= 0.6 is 23.1 Å². The summed E-state index contributed by atoms with van der Waals surface area (Å²) in [6.07, 6.45) is 2.06. The van der Waals surface area contributed by atoms with E-state index in [1.54, 1.807) is 17.8 Å². The molecular formula is C23H22N2O5S2. The highest BCUT2D eigenvalue weighted by molar-refractivity contribution is 7.98. The van der Waals surface area contributed by atoms with Crippen LogP contribution in [0.4, 0.5) is 0 Å². The zero-order chi connectivity index (χ0) is 22.1. The fourth-order valence-corrected chi connectivity index (χ4v) is 5.07. The van der Waals surface area contributed by atoms with Crippen molar-refractivity contribution in [2.75, 3.05) is 31.8 Å². The van der Waals surface area contributed by atoms with Gasteiger partial charge in [0.05, 0.1) is 16.8 Å². The fourth-order valence-electron chi connectivity index (χ4n) is 3.64. The fraction of sp³-hybridized carbons (Fsp3) is 0.304. The number of aryl methyl sites for hydroxylation is 1. The van der Waals surface area contributed by atoms with Crippen LogP contribution in [-0.4, -0.2) is 42.3 Å². The van der Waals surface area contributed by atoms with E-state index in [9.17, 15) is 4.79 Å². The Kier molecular flexibility index (Phi) is 5.84. The summed E-state index contributed by atoms with van der Waals surface area (Å²) in [4.78, 5) is 18.1. The molecule has 4 aromatic rings. The van der Waals surface area contributed by atoms with E-state index < -0.39 is 5.91 Å². The number of ether oxygens (including phenoxy) is 3. The van der Waals surface area contributed by atoms with Gasteiger partial charge in [0, 0.05) is 29.8 Å². The average Bonchev–Trinajstić information content (AvgIpc) is 3.38. The minimum Gasteiger partial charge on any atom is -0.490 e. The summed E-state index contributed by atoms with van der Waals surface area (Å²) < 4.78 is 26.0. The quantitative estimate of drug-likeness (QED) is 0.406. The third-order valence-corrected chi connectivity index (χ3v) is 6.71. The van der Waals surface area contributed by atoms with Crippen molar-refractivity contribution in [3.05, 3.63) is 47.0 Å². The highest BCUT2D eigenvalue weighted by Crippen LogP contribution is 2.36. The molecule has 7 nitrogen and oxygen atoms in total. The SMILES string of the molecule is CCOc1cccc2cc(C(=O)N=c3sc4cc5c(cc4n3CCSC)OCCO5)oc12. The van der Waals surface area contributed by atoms with Gasteiger partial charge in [0.1, 0.15) is 13.2 Å². The first-order valence-corrected chi connectivity index (χ1v) is 12.6. The molecule has 0 bridgehead atoms. The molecule has 0 aliphatic carbocycles. The topological polar surface area (TPSA) is 75.2 Å². The second-order valence-electron chi connectivity index (χ2n) is 7.13. The Labute approximate surface area is 192 Å². The van der Waals surface area contributed by atoms with Gasteiger partial charge >= 0.3 is 5.91 Å². The second-order valence-corrected chi connectivity index (χ2v) is 9.12.